The van der Waals surface area contributed by atoms with E-state index in [1.54, 1.807) is 0 Å². The van der Waals surface area contributed by atoms with Crippen LogP contribution in [-0.2, 0) is 10.3 Å². The van der Waals surface area contributed by atoms with Crippen LogP contribution in [-0.4, -0.2) is 25.4 Å². The minimum Gasteiger partial charge on any atom is -0.396 e. The Kier molecular flexibility index (Phi) is 8.06. The molecule has 0 saturated heterocycles. The summed E-state index contributed by atoms with van der Waals surface area (Å²) in [5.41, 5.74) is 5.02. The lowest BCUT2D eigenvalue weighted by molar-refractivity contribution is 0.0105. The highest BCUT2D eigenvalue weighted by Crippen LogP contribution is 2.41. The first-order valence-corrected chi connectivity index (χ1v) is 10.9. The smallest absolute Gasteiger partial charge is 0.143 e. The van der Waals surface area contributed by atoms with Crippen LogP contribution in [0.2, 0.25) is 0 Å². The van der Waals surface area contributed by atoms with Crippen molar-refractivity contribution in [2.24, 2.45) is 0 Å². The molecular weight excluding hydrogens is 370 g/mol. The molecule has 1 atom stereocenters. The summed E-state index contributed by atoms with van der Waals surface area (Å²) in [6.45, 7) is 3.02. The molecule has 3 heteroatoms. The zero-order chi connectivity index (χ0) is 21.2. The van der Waals surface area contributed by atoms with Gasteiger partial charge >= 0.3 is 0 Å². The summed E-state index contributed by atoms with van der Waals surface area (Å²) in [6.07, 6.45) is 3.90. The average molecular weight is 404 g/mol. The second kappa shape index (κ2) is 11.0. The molecule has 3 rings (SSSR count). The minimum absolute atomic E-state index is 0.260. The van der Waals surface area contributed by atoms with E-state index in [0.717, 1.165) is 48.1 Å². The first-order chi connectivity index (χ1) is 14.7. The Balaban J connectivity index is 2.04. The number of rotatable bonds is 11. The summed E-state index contributed by atoms with van der Waals surface area (Å²) >= 11 is 0. The summed E-state index contributed by atoms with van der Waals surface area (Å²) in [6, 6.07) is 27.7. The van der Waals surface area contributed by atoms with Gasteiger partial charge < -0.3 is 15.2 Å². The molecule has 30 heavy (non-hydrogen) atoms. The number of aryl methyl sites for hydroxylation is 1. The fourth-order valence-corrected chi connectivity index (χ4v) is 3.88. The van der Waals surface area contributed by atoms with Gasteiger partial charge in [-0.15, -0.1) is 0 Å². The number of unbranched alkanes of at least 4 members (excludes halogenated alkanes) is 3. The van der Waals surface area contributed by atoms with E-state index in [2.05, 4.69) is 85.0 Å². The van der Waals surface area contributed by atoms with Crippen LogP contribution < -0.4 is 5.32 Å². The fourth-order valence-electron chi connectivity index (χ4n) is 3.88. The number of hydrogen-bond donors (Lipinski definition) is 2. The normalized spacial score (nSPS) is 13.0. The summed E-state index contributed by atoms with van der Waals surface area (Å²) < 4.78 is 6.80. The van der Waals surface area contributed by atoms with E-state index in [4.69, 9.17) is 9.84 Å². The molecule has 3 nitrogen and oxygen atoms in total. The largest absolute Gasteiger partial charge is 0.396 e. The standard InChI is InChI=1S/C27H33NO2/c1-22-12-14-24(15-13-22)27(23-10-6-5-7-11-23,30-21-9-4-3-8-20-29)25-16-18-26(28-2)19-17-25/h5-7,10-19,28-29H,3-4,8-9,20-21H2,1-2H3. The second-order valence-electron chi connectivity index (χ2n) is 7.73. The van der Waals surface area contributed by atoms with Crippen molar-refractivity contribution in [2.45, 2.75) is 38.2 Å². The molecule has 0 heterocycles. The van der Waals surface area contributed by atoms with E-state index in [9.17, 15) is 0 Å². The quantitative estimate of drug-likeness (QED) is 0.309. The lowest BCUT2D eigenvalue weighted by Gasteiger charge is -2.36. The molecule has 0 aliphatic rings. The monoisotopic (exact) mass is 403 g/mol. The predicted molar refractivity (Wildman–Crippen MR) is 125 cm³/mol. The van der Waals surface area contributed by atoms with Crippen LogP contribution in [0.4, 0.5) is 5.69 Å². The lowest BCUT2D eigenvalue weighted by atomic mass is 9.79. The molecule has 0 fully saturated rings. The van der Waals surface area contributed by atoms with Crippen molar-refractivity contribution in [3.8, 4) is 0 Å². The highest BCUT2D eigenvalue weighted by molar-refractivity contribution is 5.52. The molecule has 0 spiro atoms. The highest BCUT2D eigenvalue weighted by Gasteiger charge is 2.37. The van der Waals surface area contributed by atoms with E-state index < -0.39 is 5.60 Å². The van der Waals surface area contributed by atoms with E-state index in [0.29, 0.717) is 6.61 Å². The van der Waals surface area contributed by atoms with Gasteiger partial charge in [-0.3, -0.25) is 0 Å². The van der Waals surface area contributed by atoms with Gasteiger partial charge in [0, 0.05) is 25.9 Å². The number of aliphatic hydroxyl groups is 1. The number of benzene rings is 3. The summed E-state index contributed by atoms with van der Waals surface area (Å²) in [5.74, 6) is 0. The summed E-state index contributed by atoms with van der Waals surface area (Å²) in [7, 11) is 1.93. The fraction of sp³-hybridized carbons (Fsp3) is 0.333. The summed E-state index contributed by atoms with van der Waals surface area (Å²) in [4.78, 5) is 0. The molecule has 0 bridgehead atoms. The third-order valence-electron chi connectivity index (χ3n) is 5.59. The van der Waals surface area contributed by atoms with Crippen LogP contribution in [0.25, 0.3) is 0 Å². The topological polar surface area (TPSA) is 41.5 Å². The maximum absolute atomic E-state index is 9.03. The SMILES string of the molecule is CNc1ccc(C(OCCCCCCO)(c2ccccc2)c2ccc(C)cc2)cc1. The van der Waals surface area contributed by atoms with Crippen molar-refractivity contribution in [2.75, 3.05) is 25.6 Å². The molecule has 3 aromatic rings. The molecule has 0 saturated carbocycles. The van der Waals surface area contributed by atoms with Crippen molar-refractivity contribution in [1.29, 1.82) is 0 Å². The Hall–Kier alpha value is -2.62. The first kappa shape index (κ1) is 22.1. The van der Waals surface area contributed by atoms with Gasteiger partial charge in [-0.2, -0.15) is 0 Å². The molecule has 0 aromatic heterocycles. The molecule has 2 N–H and O–H groups in total. The summed E-state index contributed by atoms with van der Waals surface area (Å²) in [5, 5.41) is 12.2. The van der Waals surface area contributed by atoms with Crippen molar-refractivity contribution >= 4 is 5.69 Å². The number of ether oxygens (including phenoxy) is 1. The van der Waals surface area contributed by atoms with Crippen LogP contribution in [0.1, 0.15) is 47.9 Å². The van der Waals surface area contributed by atoms with E-state index in [1.165, 1.54) is 5.56 Å². The Morgan fingerprint density at radius 2 is 1.30 bits per heavy atom. The van der Waals surface area contributed by atoms with Gasteiger partial charge in [0.1, 0.15) is 5.60 Å². The van der Waals surface area contributed by atoms with Gasteiger partial charge in [0.2, 0.25) is 0 Å². The third kappa shape index (κ3) is 5.10. The van der Waals surface area contributed by atoms with Crippen LogP contribution in [0, 0.1) is 6.92 Å². The van der Waals surface area contributed by atoms with E-state index in [-0.39, 0.29) is 6.61 Å². The Morgan fingerprint density at radius 1 is 0.733 bits per heavy atom. The molecule has 0 aliphatic heterocycles. The van der Waals surface area contributed by atoms with Crippen molar-refractivity contribution < 1.29 is 9.84 Å². The molecule has 0 amide bonds. The van der Waals surface area contributed by atoms with Gasteiger partial charge in [-0.1, -0.05) is 85.1 Å². The molecule has 1 unspecified atom stereocenters. The van der Waals surface area contributed by atoms with Crippen molar-refractivity contribution in [3.05, 3.63) is 101 Å². The molecule has 0 aliphatic carbocycles. The Morgan fingerprint density at radius 3 is 1.90 bits per heavy atom. The van der Waals surface area contributed by atoms with Crippen LogP contribution in [0.15, 0.2) is 78.9 Å². The molecule has 158 valence electrons. The average Bonchev–Trinajstić information content (AvgIpc) is 2.80. The first-order valence-electron chi connectivity index (χ1n) is 10.9. The van der Waals surface area contributed by atoms with Gasteiger partial charge in [0.15, 0.2) is 0 Å². The maximum atomic E-state index is 9.03. The zero-order valence-electron chi connectivity index (χ0n) is 18.1. The van der Waals surface area contributed by atoms with Crippen LogP contribution >= 0.6 is 0 Å². The molecule has 0 radical (unpaired) electrons. The van der Waals surface area contributed by atoms with Crippen LogP contribution in [0.5, 0.6) is 0 Å². The predicted octanol–water partition coefficient (Wildman–Crippen LogP) is 5.90. The van der Waals surface area contributed by atoms with Gasteiger partial charge in [-0.05, 0) is 48.6 Å². The van der Waals surface area contributed by atoms with E-state index >= 15 is 0 Å². The third-order valence-corrected chi connectivity index (χ3v) is 5.59. The minimum atomic E-state index is -0.668. The molecular formula is C27H33NO2. The highest BCUT2D eigenvalue weighted by atomic mass is 16.5. The van der Waals surface area contributed by atoms with Crippen LogP contribution in [0.3, 0.4) is 0 Å². The van der Waals surface area contributed by atoms with Crippen molar-refractivity contribution in [3.63, 3.8) is 0 Å². The van der Waals surface area contributed by atoms with Gasteiger partial charge in [-0.25, -0.2) is 0 Å². The Labute approximate surface area is 180 Å². The second-order valence-corrected chi connectivity index (χ2v) is 7.73. The number of hydrogen-bond acceptors (Lipinski definition) is 3. The number of nitrogens with one attached hydrogen (secondary N) is 1. The zero-order valence-corrected chi connectivity index (χ0v) is 18.1. The van der Waals surface area contributed by atoms with Crippen molar-refractivity contribution in [1.82, 2.24) is 0 Å². The number of anilines is 1. The molecule has 3 aromatic carbocycles. The van der Waals surface area contributed by atoms with E-state index in [1.807, 2.05) is 13.1 Å². The maximum Gasteiger partial charge on any atom is 0.143 e. The van der Waals surface area contributed by atoms with Gasteiger partial charge in [0.25, 0.3) is 0 Å². The lowest BCUT2D eigenvalue weighted by Crippen LogP contribution is -2.33. The Bertz CT molecular complexity index is 875. The number of aliphatic hydroxyl groups excluding tert-OH is 1. The van der Waals surface area contributed by atoms with Gasteiger partial charge in [0.05, 0.1) is 0 Å².